The predicted molar refractivity (Wildman–Crippen MR) is 71.1 cm³/mol. The number of aromatic nitrogens is 1. The van der Waals surface area contributed by atoms with Crippen LogP contribution in [0.15, 0.2) is 24.5 Å². The van der Waals surface area contributed by atoms with Gasteiger partial charge in [-0.15, -0.1) is 0 Å². The standard InChI is InChI=1S/C14H19N3O2/c1-9(2)13-14(19)17(8-12(18)16-13)10(3)11-4-6-15-7-5-11/h4-7,9-10,13H,8H2,1-3H3,(H,16,18). The van der Waals surface area contributed by atoms with Gasteiger partial charge in [0, 0.05) is 12.4 Å². The lowest BCUT2D eigenvalue weighted by Crippen LogP contribution is -2.60. The molecule has 0 radical (unpaired) electrons. The number of piperazine rings is 1. The van der Waals surface area contributed by atoms with Gasteiger partial charge in [-0.3, -0.25) is 14.6 Å². The zero-order valence-electron chi connectivity index (χ0n) is 11.5. The highest BCUT2D eigenvalue weighted by molar-refractivity contribution is 5.95. The molecule has 5 heteroatoms. The Morgan fingerprint density at radius 2 is 1.89 bits per heavy atom. The molecule has 1 aromatic rings. The molecule has 1 aliphatic rings. The number of carbonyl (C=O) groups excluding carboxylic acids is 2. The Balaban J connectivity index is 2.23. The fourth-order valence-corrected chi connectivity index (χ4v) is 2.29. The molecule has 0 bridgehead atoms. The van der Waals surface area contributed by atoms with Crippen LogP contribution in [-0.2, 0) is 9.59 Å². The van der Waals surface area contributed by atoms with E-state index in [1.807, 2.05) is 32.9 Å². The molecule has 2 amide bonds. The second kappa shape index (κ2) is 5.38. The van der Waals surface area contributed by atoms with Gasteiger partial charge in [0.1, 0.15) is 12.6 Å². The molecule has 2 unspecified atom stereocenters. The first kappa shape index (κ1) is 13.5. The average Bonchev–Trinajstić information content (AvgIpc) is 2.41. The average molecular weight is 261 g/mol. The summed E-state index contributed by atoms with van der Waals surface area (Å²) < 4.78 is 0. The van der Waals surface area contributed by atoms with E-state index in [1.165, 1.54) is 0 Å². The molecule has 0 aromatic carbocycles. The van der Waals surface area contributed by atoms with Gasteiger partial charge in [-0.2, -0.15) is 0 Å². The molecule has 2 atom stereocenters. The molecule has 19 heavy (non-hydrogen) atoms. The molecule has 1 aliphatic heterocycles. The SMILES string of the molecule is CC(C)C1NC(=O)CN(C(C)c2ccncc2)C1=O. The van der Waals surface area contributed by atoms with Crippen molar-refractivity contribution in [3.8, 4) is 0 Å². The summed E-state index contributed by atoms with van der Waals surface area (Å²) in [5.41, 5.74) is 0.987. The Morgan fingerprint density at radius 1 is 1.26 bits per heavy atom. The largest absolute Gasteiger partial charge is 0.343 e. The van der Waals surface area contributed by atoms with Gasteiger partial charge in [0.25, 0.3) is 0 Å². The molecular formula is C14H19N3O2. The van der Waals surface area contributed by atoms with E-state index in [-0.39, 0.29) is 30.3 Å². The Morgan fingerprint density at radius 3 is 2.47 bits per heavy atom. The van der Waals surface area contributed by atoms with Crippen LogP contribution in [0.25, 0.3) is 0 Å². The monoisotopic (exact) mass is 261 g/mol. The van der Waals surface area contributed by atoms with E-state index >= 15 is 0 Å². The second-order valence-electron chi connectivity index (χ2n) is 5.21. The van der Waals surface area contributed by atoms with E-state index < -0.39 is 6.04 Å². The van der Waals surface area contributed by atoms with Crippen LogP contribution in [-0.4, -0.2) is 34.3 Å². The zero-order chi connectivity index (χ0) is 14.0. The van der Waals surface area contributed by atoms with Crippen molar-refractivity contribution in [3.63, 3.8) is 0 Å². The molecule has 1 N–H and O–H groups in total. The molecule has 102 valence electrons. The number of carbonyl (C=O) groups is 2. The highest BCUT2D eigenvalue weighted by atomic mass is 16.2. The minimum atomic E-state index is -0.425. The molecule has 2 heterocycles. The molecule has 0 aliphatic carbocycles. The lowest BCUT2D eigenvalue weighted by molar-refractivity contribution is -0.147. The van der Waals surface area contributed by atoms with Crippen LogP contribution in [0.4, 0.5) is 0 Å². The first-order valence-electron chi connectivity index (χ1n) is 6.50. The fraction of sp³-hybridized carbons (Fsp3) is 0.500. The summed E-state index contributed by atoms with van der Waals surface area (Å²) in [6, 6.07) is 3.19. The summed E-state index contributed by atoms with van der Waals surface area (Å²) in [4.78, 5) is 29.8. The molecule has 5 nitrogen and oxygen atoms in total. The Bertz CT molecular complexity index is 473. The summed E-state index contributed by atoms with van der Waals surface area (Å²) in [5, 5.41) is 2.76. The third kappa shape index (κ3) is 2.75. The maximum Gasteiger partial charge on any atom is 0.246 e. The molecular weight excluding hydrogens is 242 g/mol. The van der Waals surface area contributed by atoms with E-state index in [9.17, 15) is 9.59 Å². The number of nitrogens with one attached hydrogen (secondary N) is 1. The van der Waals surface area contributed by atoms with E-state index in [0.29, 0.717) is 0 Å². The van der Waals surface area contributed by atoms with Crippen molar-refractivity contribution < 1.29 is 9.59 Å². The third-order valence-electron chi connectivity index (χ3n) is 3.50. The third-order valence-corrected chi connectivity index (χ3v) is 3.50. The minimum absolute atomic E-state index is 0.0149. The van der Waals surface area contributed by atoms with Gasteiger partial charge in [0.15, 0.2) is 0 Å². The number of pyridine rings is 1. The number of rotatable bonds is 3. The van der Waals surface area contributed by atoms with Crippen molar-refractivity contribution in [2.24, 2.45) is 5.92 Å². The van der Waals surface area contributed by atoms with E-state index in [0.717, 1.165) is 5.56 Å². The Hall–Kier alpha value is -1.91. The molecule has 0 spiro atoms. The number of amides is 2. The van der Waals surface area contributed by atoms with Crippen LogP contribution in [0.2, 0.25) is 0 Å². The maximum absolute atomic E-state index is 12.4. The summed E-state index contributed by atoms with van der Waals surface area (Å²) in [5.74, 6) is -0.0259. The van der Waals surface area contributed by atoms with Crippen molar-refractivity contribution in [1.29, 1.82) is 0 Å². The van der Waals surface area contributed by atoms with Gasteiger partial charge < -0.3 is 10.2 Å². The lowest BCUT2D eigenvalue weighted by Gasteiger charge is -2.38. The first-order valence-corrected chi connectivity index (χ1v) is 6.50. The number of hydrogen-bond donors (Lipinski definition) is 1. The van der Waals surface area contributed by atoms with Crippen LogP contribution in [0.5, 0.6) is 0 Å². The molecule has 1 aromatic heterocycles. The van der Waals surface area contributed by atoms with Gasteiger partial charge >= 0.3 is 0 Å². The topological polar surface area (TPSA) is 62.3 Å². The lowest BCUT2D eigenvalue weighted by atomic mass is 9.98. The van der Waals surface area contributed by atoms with Crippen LogP contribution in [0, 0.1) is 5.92 Å². The first-order chi connectivity index (χ1) is 9.00. The van der Waals surface area contributed by atoms with Crippen LogP contribution >= 0.6 is 0 Å². The van der Waals surface area contributed by atoms with Gasteiger partial charge in [0.2, 0.25) is 11.8 Å². The summed E-state index contributed by atoms with van der Waals surface area (Å²) >= 11 is 0. The second-order valence-corrected chi connectivity index (χ2v) is 5.21. The van der Waals surface area contributed by atoms with E-state index in [2.05, 4.69) is 10.3 Å². The smallest absolute Gasteiger partial charge is 0.246 e. The summed E-state index contributed by atoms with van der Waals surface area (Å²) in [7, 11) is 0. The highest BCUT2D eigenvalue weighted by Crippen LogP contribution is 2.23. The zero-order valence-corrected chi connectivity index (χ0v) is 11.5. The van der Waals surface area contributed by atoms with Crippen LogP contribution in [0.1, 0.15) is 32.4 Å². The number of nitrogens with zero attached hydrogens (tertiary/aromatic N) is 2. The quantitative estimate of drug-likeness (QED) is 0.887. The summed E-state index contributed by atoms with van der Waals surface area (Å²) in [6.45, 7) is 5.92. The molecule has 2 rings (SSSR count). The van der Waals surface area contributed by atoms with E-state index in [1.54, 1.807) is 17.3 Å². The van der Waals surface area contributed by atoms with Crippen LogP contribution in [0.3, 0.4) is 0 Å². The van der Waals surface area contributed by atoms with E-state index in [4.69, 9.17) is 0 Å². The fourth-order valence-electron chi connectivity index (χ4n) is 2.29. The van der Waals surface area contributed by atoms with Crippen molar-refractivity contribution in [1.82, 2.24) is 15.2 Å². The van der Waals surface area contributed by atoms with Gasteiger partial charge in [0.05, 0.1) is 6.04 Å². The highest BCUT2D eigenvalue weighted by Gasteiger charge is 2.36. The molecule has 1 saturated heterocycles. The molecule has 1 fully saturated rings. The van der Waals surface area contributed by atoms with Gasteiger partial charge in [-0.1, -0.05) is 13.8 Å². The van der Waals surface area contributed by atoms with Gasteiger partial charge in [-0.25, -0.2) is 0 Å². The van der Waals surface area contributed by atoms with Crippen molar-refractivity contribution in [3.05, 3.63) is 30.1 Å². The number of hydrogen-bond acceptors (Lipinski definition) is 3. The predicted octanol–water partition coefficient (Wildman–Crippen LogP) is 1.13. The molecule has 0 saturated carbocycles. The summed E-state index contributed by atoms with van der Waals surface area (Å²) in [6.07, 6.45) is 3.39. The van der Waals surface area contributed by atoms with Gasteiger partial charge in [-0.05, 0) is 30.5 Å². The van der Waals surface area contributed by atoms with Crippen molar-refractivity contribution >= 4 is 11.8 Å². The maximum atomic E-state index is 12.4. The Labute approximate surface area is 113 Å². The van der Waals surface area contributed by atoms with Crippen molar-refractivity contribution in [2.75, 3.05) is 6.54 Å². The normalized spacial score (nSPS) is 21.5. The minimum Gasteiger partial charge on any atom is -0.343 e. The van der Waals surface area contributed by atoms with Crippen molar-refractivity contribution in [2.45, 2.75) is 32.9 Å². The Kier molecular flexibility index (Phi) is 3.83. The van der Waals surface area contributed by atoms with Crippen LogP contribution < -0.4 is 5.32 Å².